The molecular weight excluding hydrogens is 248 g/mol. The number of rotatable bonds is 13. The second-order valence-electron chi connectivity index (χ2n) is 6.23. The molecule has 0 saturated carbocycles. The van der Waals surface area contributed by atoms with Gasteiger partial charge < -0.3 is 5.11 Å². The first-order valence-corrected chi connectivity index (χ1v) is 8.67. The average molecular weight is 280 g/mol. The van der Waals surface area contributed by atoms with Crippen LogP contribution in [0.4, 0.5) is 0 Å². The van der Waals surface area contributed by atoms with Crippen LogP contribution < -0.4 is 0 Å². The third-order valence-electron chi connectivity index (χ3n) is 4.33. The van der Waals surface area contributed by atoms with Gasteiger partial charge in [-0.05, 0) is 31.6 Å². The Morgan fingerprint density at radius 2 is 1.45 bits per heavy atom. The van der Waals surface area contributed by atoms with E-state index in [9.17, 15) is 4.79 Å². The number of allylic oxidation sites excluding steroid dienone is 2. The average Bonchev–Trinajstić information content (AvgIpc) is 2.93. The van der Waals surface area contributed by atoms with Gasteiger partial charge in [-0.1, -0.05) is 69.9 Å². The largest absolute Gasteiger partial charge is 0.481 e. The van der Waals surface area contributed by atoms with Gasteiger partial charge in [-0.2, -0.15) is 0 Å². The molecule has 0 bridgehead atoms. The van der Waals surface area contributed by atoms with Crippen molar-refractivity contribution in [3.05, 3.63) is 12.2 Å². The zero-order valence-electron chi connectivity index (χ0n) is 13.0. The van der Waals surface area contributed by atoms with Crippen LogP contribution in [0, 0.1) is 5.92 Å². The zero-order chi connectivity index (χ0) is 14.5. The van der Waals surface area contributed by atoms with Crippen LogP contribution in [0.15, 0.2) is 12.2 Å². The van der Waals surface area contributed by atoms with Crippen molar-refractivity contribution < 1.29 is 9.90 Å². The molecule has 1 N–H and O–H groups in total. The Bertz CT molecular complexity index is 271. The van der Waals surface area contributed by atoms with Gasteiger partial charge >= 0.3 is 5.97 Å². The van der Waals surface area contributed by atoms with Gasteiger partial charge in [0.25, 0.3) is 0 Å². The molecule has 1 atom stereocenters. The molecular formula is C18H32O2. The molecule has 116 valence electrons. The summed E-state index contributed by atoms with van der Waals surface area (Å²) in [5, 5.41) is 8.52. The lowest BCUT2D eigenvalue weighted by Crippen LogP contribution is -1.93. The van der Waals surface area contributed by atoms with Gasteiger partial charge in [-0.15, -0.1) is 0 Å². The SMILES string of the molecule is O=C(O)CCCCCCCCCCCC[C@@H]1C=CCC1. The van der Waals surface area contributed by atoms with E-state index in [0.29, 0.717) is 6.42 Å². The van der Waals surface area contributed by atoms with E-state index in [4.69, 9.17) is 5.11 Å². The summed E-state index contributed by atoms with van der Waals surface area (Å²) in [4.78, 5) is 10.3. The quantitative estimate of drug-likeness (QED) is 0.346. The first-order valence-electron chi connectivity index (χ1n) is 8.67. The maximum absolute atomic E-state index is 10.3. The molecule has 0 radical (unpaired) electrons. The highest BCUT2D eigenvalue weighted by Gasteiger charge is 2.07. The maximum Gasteiger partial charge on any atom is 0.303 e. The number of carbonyl (C=O) groups is 1. The topological polar surface area (TPSA) is 37.3 Å². The number of aliphatic carboxylic acids is 1. The number of hydrogen-bond acceptors (Lipinski definition) is 1. The minimum atomic E-state index is -0.655. The molecule has 0 saturated heterocycles. The van der Waals surface area contributed by atoms with Gasteiger partial charge in [0.15, 0.2) is 0 Å². The fourth-order valence-corrected chi connectivity index (χ4v) is 3.03. The van der Waals surface area contributed by atoms with Crippen LogP contribution in [0.1, 0.15) is 89.9 Å². The second kappa shape index (κ2) is 12.0. The highest BCUT2D eigenvalue weighted by atomic mass is 16.4. The first-order chi connectivity index (χ1) is 9.79. The van der Waals surface area contributed by atoms with E-state index in [1.165, 1.54) is 70.6 Å². The van der Waals surface area contributed by atoms with Crippen LogP contribution in [0.25, 0.3) is 0 Å². The standard InChI is InChI=1S/C18H32O2/c19-18(20)16-10-8-6-4-2-1-3-5-7-9-13-17-14-11-12-15-17/h11,14,17H,1-10,12-13,15-16H2,(H,19,20)/t17-/m1/s1. The third-order valence-corrected chi connectivity index (χ3v) is 4.33. The van der Waals surface area contributed by atoms with E-state index in [1.54, 1.807) is 0 Å². The first kappa shape index (κ1) is 17.3. The number of carboxylic acids is 1. The third kappa shape index (κ3) is 10.1. The lowest BCUT2D eigenvalue weighted by Gasteiger charge is -2.06. The highest BCUT2D eigenvalue weighted by Crippen LogP contribution is 2.23. The van der Waals surface area contributed by atoms with Crippen molar-refractivity contribution >= 4 is 5.97 Å². The molecule has 0 spiro atoms. The van der Waals surface area contributed by atoms with Crippen LogP contribution in [0.5, 0.6) is 0 Å². The van der Waals surface area contributed by atoms with Gasteiger partial charge in [-0.25, -0.2) is 0 Å². The van der Waals surface area contributed by atoms with Crippen molar-refractivity contribution in [2.45, 2.75) is 89.9 Å². The van der Waals surface area contributed by atoms with Gasteiger partial charge in [-0.3, -0.25) is 4.79 Å². The number of unbranched alkanes of at least 4 members (excludes halogenated alkanes) is 9. The summed E-state index contributed by atoms with van der Waals surface area (Å²) in [7, 11) is 0. The van der Waals surface area contributed by atoms with E-state index >= 15 is 0 Å². The Morgan fingerprint density at radius 1 is 0.900 bits per heavy atom. The highest BCUT2D eigenvalue weighted by molar-refractivity contribution is 5.66. The molecule has 0 fully saturated rings. The van der Waals surface area contributed by atoms with Crippen molar-refractivity contribution in [3.8, 4) is 0 Å². The van der Waals surface area contributed by atoms with Crippen molar-refractivity contribution in [2.75, 3.05) is 0 Å². The summed E-state index contributed by atoms with van der Waals surface area (Å²) in [5.74, 6) is 0.235. The minimum absolute atomic E-state index is 0.343. The molecule has 0 aromatic heterocycles. The molecule has 2 nitrogen and oxygen atoms in total. The lowest BCUT2D eigenvalue weighted by molar-refractivity contribution is -0.137. The van der Waals surface area contributed by atoms with Crippen molar-refractivity contribution in [1.82, 2.24) is 0 Å². The van der Waals surface area contributed by atoms with E-state index in [0.717, 1.165) is 18.8 Å². The molecule has 0 unspecified atom stereocenters. The summed E-state index contributed by atoms with van der Waals surface area (Å²) in [6.45, 7) is 0. The van der Waals surface area contributed by atoms with Gasteiger partial charge in [0.2, 0.25) is 0 Å². The summed E-state index contributed by atoms with van der Waals surface area (Å²) < 4.78 is 0. The fraction of sp³-hybridized carbons (Fsp3) is 0.833. The Hall–Kier alpha value is -0.790. The van der Waals surface area contributed by atoms with Gasteiger partial charge in [0, 0.05) is 6.42 Å². The Balaban J connectivity index is 1.70. The van der Waals surface area contributed by atoms with Crippen molar-refractivity contribution in [1.29, 1.82) is 0 Å². The van der Waals surface area contributed by atoms with Crippen molar-refractivity contribution in [2.24, 2.45) is 5.92 Å². The van der Waals surface area contributed by atoms with E-state index in [2.05, 4.69) is 12.2 Å². The van der Waals surface area contributed by atoms with Crippen molar-refractivity contribution in [3.63, 3.8) is 0 Å². The van der Waals surface area contributed by atoms with Crippen LogP contribution in [-0.4, -0.2) is 11.1 Å². The molecule has 2 heteroatoms. The van der Waals surface area contributed by atoms with Crippen LogP contribution in [0.3, 0.4) is 0 Å². The van der Waals surface area contributed by atoms with E-state index in [-0.39, 0.29) is 0 Å². The fourth-order valence-electron chi connectivity index (χ4n) is 3.03. The summed E-state index contributed by atoms with van der Waals surface area (Å²) in [6, 6.07) is 0. The number of hydrogen-bond donors (Lipinski definition) is 1. The zero-order valence-corrected chi connectivity index (χ0v) is 13.0. The molecule has 1 aliphatic rings. The monoisotopic (exact) mass is 280 g/mol. The molecule has 0 heterocycles. The van der Waals surface area contributed by atoms with E-state index in [1.807, 2.05) is 0 Å². The summed E-state index contributed by atoms with van der Waals surface area (Å²) in [5.41, 5.74) is 0. The van der Waals surface area contributed by atoms with Crippen LogP contribution in [0.2, 0.25) is 0 Å². The summed E-state index contributed by atoms with van der Waals surface area (Å²) in [6.07, 6.45) is 21.9. The molecule has 1 aliphatic carbocycles. The summed E-state index contributed by atoms with van der Waals surface area (Å²) >= 11 is 0. The molecule has 20 heavy (non-hydrogen) atoms. The Morgan fingerprint density at radius 3 is 1.95 bits per heavy atom. The number of carboxylic acid groups (broad SMARTS) is 1. The second-order valence-corrected chi connectivity index (χ2v) is 6.23. The molecule has 0 aromatic carbocycles. The van der Waals surface area contributed by atoms with Crippen LogP contribution >= 0.6 is 0 Å². The molecule has 0 aliphatic heterocycles. The molecule has 1 rings (SSSR count). The predicted molar refractivity (Wildman–Crippen MR) is 84.9 cm³/mol. The lowest BCUT2D eigenvalue weighted by atomic mass is 9.99. The minimum Gasteiger partial charge on any atom is -0.481 e. The van der Waals surface area contributed by atoms with Gasteiger partial charge in [0.05, 0.1) is 0 Å². The molecule has 0 aromatic rings. The normalized spacial score (nSPS) is 17.7. The smallest absolute Gasteiger partial charge is 0.303 e. The maximum atomic E-state index is 10.3. The molecule has 0 amide bonds. The van der Waals surface area contributed by atoms with Gasteiger partial charge in [0.1, 0.15) is 0 Å². The predicted octanol–water partition coefficient (Wildman–Crippen LogP) is 5.72. The van der Waals surface area contributed by atoms with Crippen LogP contribution in [-0.2, 0) is 4.79 Å². The Labute approximate surface area is 124 Å². The van der Waals surface area contributed by atoms with E-state index < -0.39 is 5.97 Å². The Kier molecular flexibility index (Phi) is 10.3.